The van der Waals surface area contributed by atoms with Crippen LogP contribution in [0.3, 0.4) is 0 Å². The number of rotatable bonds is 5. The summed E-state index contributed by atoms with van der Waals surface area (Å²) in [5.41, 5.74) is 2.09. The van der Waals surface area contributed by atoms with E-state index in [2.05, 4.69) is 17.6 Å². The van der Waals surface area contributed by atoms with Crippen molar-refractivity contribution in [2.75, 3.05) is 6.61 Å². The third-order valence-electron chi connectivity index (χ3n) is 4.66. The highest BCUT2D eigenvalue weighted by atomic mass is 35.5. The summed E-state index contributed by atoms with van der Waals surface area (Å²) in [5, 5.41) is 0. The van der Waals surface area contributed by atoms with Gasteiger partial charge in [0.15, 0.2) is 0 Å². The van der Waals surface area contributed by atoms with E-state index in [0.29, 0.717) is 18.5 Å². The lowest BCUT2D eigenvalue weighted by Crippen LogP contribution is -2.16. The van der Waals surface area contributed by atoms with Gasteiger partial charge in [-0.15, -0.1) is 11.6 Å². The molecule has 4 heteroatoms. The average molecular weight is 307 g/mol. The van der Waals surface area contributed by atoms with Crippen molar-refractivity contribution in [2.24, 2.45) is 5.92 Å². The van der Waals surface area contributed by atoms with Gasteiger partial charge in [-0.25, -0.2) is 4.98 Å². The number of nitrogens with zero attached hydrogens (tertiary/aromatic N) is 2. The van der Waals surface area contributed by atoms with E-state index >= 15 is 0 Å². The first-order valence-corrected chi connectivity index (χ1v) is 8.48. The predicted molar refractivity (Wildman–Crippen MR) is 87.1 cm³/mol. The molecule has 114 valence electrons. The summed E-state index contributed by atoms with van der Waals surface area (Å²) in [6, 6.07) is 6.61. The molecule has 2 aromatic rings. The molecular weight excluding hydrogens is 284 g/mol. The van der Waals surface area contributed by atoms with Crippen LogP contribution < -0.4 is 4.74 Å². The molecule has 0 N–H and O–H groups in total. The number of hydrogen-bond donors (Lipinski definition) is 0. The van der Waals surface area contributed by atoms with E-state index in [4.69, 9.17) is 21.3 Å². The third-order valence-corrected chi connectivity index (χ3v) is 4.90. The molecule has 3 rings (SSSR count). The second kappa shape index (κ2) is 6.27. The van der Waals surface area contributed by atoms with E-state index in [1.807, 2.05) is 19.1 Å². The zero-order valence-corrected chi connectivity index (χ0v) is 13.6. The van der Waals surface area contributed by atoms with Crippen LogP contribution in [0.2, 0.25) is 0 Å². The van der Waals surface area contributed by atoms with E-state index in [0.717, 1.165) is 28.5 Å². The Morgan fingerprint density at radius 3 is 2.81 bits per heavy atom. The molecule has 0 aliphatic heterocycles. The van der Waals surface area contributed by atoms with E-state index in [1.54, 1.807) is 0 Å². The molecule has 1 saturated carbocycles. The fraction of sp³-hybridized carbons (Fsp3) is 0.588. The van der Waals surface area contributed by atoms with Gasteiger partial charge in [-0.1, -0.05) is 18.9 Å². The van der Waals surface area contributed by atoms with Crippen LogP contribution in [0.25, 0.3) is 11.0 Å². The summed E-state index contributed by atoms with van der Waals surface area (Å²) in [6.45, 7) is 4.96. The van der Waals surface area contributed by atoms with Gasteiger partial charge in [-0.05, 0) is 44.7 Å². The maximum absolute atomic E-state index is 6.16. The van der Waals surface area contributed by atoms with Gasteiger partial charge in [0.1, 0.15) is 17.1 Å². The van der Waals surface area contributed by atoms with Crippen LogP contribution in [0.5, 0.6) is 5.75 Å². The van der Waals surface area contributed by atoms with Gasteiger partial charge in [-0.2, -0.15) is 0 Å². The van der Waals surface area contributed by atoms with Crippen LogP contribution in [0.4, 0.5) is 0 Å². The SMILES string of the molecule is CCOc1cccc2c1nc(CCl)n2C(C)C1CCCC1. The fourth-order valence-electron chi connectivity index (χ4n) is 3.61. The lowest BCUT2D eigenvalue weighted by molar-refractivity contribution is 0.343. The highest BCUT2D eigenvalue weighted by Gasteiger charge is 2.26. The maximum Gasteiger partial charge on any atom is 0.147 e. The van der Waals surface area contributed by atoms with Crippen molar-refractivity contribution < 1.29 is 4.74 Å². The molecule has 1 heterocycles. The van der Waals surface area contributed by atoms with Crippen molar-refractivity contribution in [1.82, 2.24) is 9.55 Å². The van der Waals surface area contributed by atoms with E-state index < -0.39 is 0 Å². The van der Waals surface area contributed by atoms with Gasteiger partial charge < -0.3 is 9.30 Å². The standard InChI is InChI=1S/C17H23ClN2O/c1-3-21-15-10-6-9-14-17(15)19-16(11-18)20(14)12(2)13-7-4-5-8-13/h6,9-10,12-13H,3-5,7-8,11H2,1-2H3. The molecule has 1 atom stereocenters. The minimum Gasteiger partial charge on any atom is -0.492 e. The number of halogens is 1. The van der Waals surface area contributed by atoms with Crippen molar-refractivity contribution in [3.63, 3.8) is 0 Å². The average Bonchev–Trinajstić information content (AvgIpc) is 3.14. The number of para-hydroxylation sites is 1. The molecule has 1 aromatic carbocycles. The Kier molecular flexibility index (Phi) is 4.39. The first kappa shape index (κ1) is 14.7. The van der Waals surface area contributed by atoms with Gasteiger partial charge in [0.25, 0.3) is 0 Å². The molecule has 0 amide bonds. The minimum absolute atomic E-state index is 0.442. The van der Waals surface area contributed by atoms with Gasteiger partial charge in [0, 0.05) is 6.04 Å². The van der Waals surface area contributed by atoms with Crippen molar-refractivity contribution >= 4 is 22.6 Å². The lowest BCUT2D eigenvalue weighted by Gasteiger charge is -2.23. The van der Waals surface area contributed by atoms with E-state index in [-0.39, 0.29) is 0 Å². The number of alkyl halides is 1. The second-order valence-electron chi connectivity index (χ2n) is 5.87. The Bertz CT molecular complexity index is 617. The van der Waals surface area contributed by atoms with Gasteiger partial charge in [0.05, 0.1) is 18.0 Å². The number of aromatic nitrogens is 2. The number of hydrogen-bond acceptors (Lipinski definition) is 2. The summed E-state index contributed by atoms with van der Waals surface area (Å²) in [4.78, 5) is 4.75. The monoisotopic (exact) mass is 306 g/mol. The quantitative estimate of drug-likeness (QED) is 0.733. The Balaban J connectivity index is 2.09. The molecule has 0 saturated heterocycles. The van der Waals surface area contributed by atoms with Crippen LogP contribution >= 0.6 is 11.6 Å². The molecule has 1 aromatic heterocycles. The fourth-order valence-corrected chi connectivity index (χ4v) is 3.80. The Morgan fingerprint density at radius 1 is 1.38 bits per heavy atom. The number of ether oxygens (including phenoxy) is 1. The first-order valence-electron chi connectivity index (χ1n) is 7.94. The Morgan fingerprint density at radius 2 is 2.14 bits per heavy atom. The predicted octanol–water partition coefficient (Wildman–Crippen LogP) is 4.93. The van der Waals surface area contributed by atoms with Gasteiger partial charge in [-0.3, -0.25) is 0 Å². The second-order valence-corrected chi connectivity index (χ2v) is 6.14. The molecule has 1 unspecified atom stereocenters. The Labute approximate surface area is 131 Å². The first-order chi connectivity index (χ1) is 10.3. The summed E-state index contributed by atoms with van der Waals surface area (Å²) < 4.78 is 8.05. The highest BCUT2D eigenvalue weighted by Crippen LogP contribution is 2.38. The lowest BCUT2D eigenvalue weighted by atomic mass is 9.99. The molecule has 1 aliphatic carbocycles. The van der Waals surface area contributed by atoms with E-state index in [1.165, 1.54) is 25.7 Å². The molecule has 1 aliphatic rings. The maximum atomic E-state index is 6.16. The number of benzene rings is 1. The molecule has 0 bridgehead atoms. The summed E-state index contributed by atoms with van der Waals surface area (Å²) in [7, 11) is 0. The van der Waals surface area contributed by atoms with Crippen LogP contribution in [-0.4, -0.2) is 16.2 Å². The van der Waals surface area contributed by atoms with Crippen molar-refractivity contribution in [2.45, 2.75) is 51.5 Å². The smallest absolute Gasteiger partial charge is 0.147 e. The molecule has 21 heavy (non-hydrogen) atoms. The summed E-state index contributed by atoms with van der Waals surface area (Å²) in [6.07, 6.45) is 5.32. The normalized spacial score (nSPS) is 17.5. The summed E-state index contributed by atoms with van der Waals surface area (Å²) in [5.74, 6) is 2.99. The molecule has 1 fully saturated rings. The minimum atomic E-state index is 0.442. The molecule has 0 radical (unpaired) electrons. The molecule has 0 spiro atoms. The van der Waals surface area contributed by atoms with Crippen LogP contribution in [0, 0.1) is 5.92 Å². The van der Waals surface area contributed by atoms with Crippen molar-refractivity contribution in [3.05, 3.63) is 24.0 Å². The zero-order valence-electron chi connectivity index (χ0n) is 12.8. The topological polar surface area (TPSA) is 27.1 Å². The zero-order chi connectivity index (χ0) is 14.8. The van der Waals surface area contributed by atoms with Crippen LogP contribution in [0.1, 0.15) is 51.4 Å². The van der Waals surface area contributed by atoms with Crippen LogP contribution in [0.15, 0.2) is 18.2 Å². The van der Waals surface area contributed by atoms with E-state index in [9.17, 15) is 0 Å². The van der Waals surface area contributed by atoms with Gasteiger partial charge in [0.2, 0.25) is 0 Å². The molecular formula is C17H23ClN2O. The summed E-state index contributed by atoms with van der Waals surface area (Å²) >= 11 is 6.16. The number of fused-ring (bicyclic) bond motifs is 1. The number of imidazole rings is 1. The van der Waals surface area contributed by atoms with Crippen molar-refractivity contribution in [1.29, 1.82) is 0 Å². The molecule has 3 nitrogen and oxygen atoms in total. The van der Waals surface area contributed by atoms with Gasteiger partial charge >= 0.3 is 0 Å². The third kappa shape index (κ3) is 2.64. The largest absolute Gasteiger partial charge is 0.492 e. The highest BCUT2D eigenvalue weighted by molar-refractivity contribution is 6.16. The van der Waals surface area contributed by atoms with Crippen molar-refractivity contribution in [3.8, 4) is 5.75 Å². The Hall–Kier alpha value is -1.22. The van der Waals surface area contributed by atoms with Crippen LogP contribution in [-0.2, 0) is 5.88 Å².